The molecule has 0 amide bonds. The molecule has 31 heavy (non-hydrogen) atoms. The molecule has 5 fully saturated rings. The zero-order valence-corrected chi connectivity index (χ0v) is 19.5. The number of rotatable bonds is 2. The average molecular weight is 433 g/mol. The minimum atomic E-state index is -1.53. The molecule has 2 saturated carbocycles. The van der Waals surface area contributed by atoms with Crippen molar-refractivity contribution in [3.05, 3.63) is 24.3 Å². The third-order valence-electron chi connectivity index (χ3n) is 9.35. The van der Waals surface area contributed by atoms with Crippen molar-refractivity contribution >= 4 is 5.78 Å². The van der Waals surface area contributed by atoms with E-state index in [1.165, 1.54) is 0 Å². The third kappa shape index (κ3) is 2.24. The van der Waals surface area contributed by atoms with E-state index in [0.717, 1.165) is 18.4 Å². The van der Waals surface area contributed by atoms with Crippen LogP contribution in [0.5, 0.6) is 0 Å². The van der Waals surface area contributed by atoms with Crippen LogP contribution >= 0.6 is 0 Å². The Bertz CT molecular complexity index is 875. The first kappa shape index (κ1) is 21.8. The van der Waals surface area contributed by atoms with Crippen LogP contribution in [0.4, 0.5) is 0 Å². The van der Waals surface area contributed by atoms with Crippen molar-refractivity contribution in [1.82, 2.24) is 0 Å². The van der Waals surface area contributed by atoms with Crippen molar-refractivity contribution in [2.24, 2.45) is 34.0 Å². The molecular weight excluding hydrogens is 396 g/mol. The van der Waals surface area contributed by atoms with Crippen LogP contribution in [0.3, 0.4) is 0 Å². The first-order valence-electron chi connectivity index (χ1n) is 11.5. The Kier molecular flexibility index (Phi) is 4.28. The largest absolute Gasteiger partial charge is 0.388 e. The van der Waals surface area contributed by atoms with Gasteiger partial charge in [-0.3, -0.25) is 4.79 Å². The molecule has 3 saturated heterocycles. The van der Waals surface area contributed by atoms with Gasteiger partial charge in [0.1, 0.15) is 17.3 Å². The highest BCUT2D eigenvalue weighted by atomic mass is 16.8. The zero-order chi connectivity index (χ0) is 22.8. The van der Waals surface area contributed by atoms with Crippen molar-refractivity contribution in [1.29, 1.82) is 0 Å². The Morgan fingerprint density at radius 3 is 2.42 bits per heavy atom. The molecule has 6 aliphatic rings. The molecule has 1 unspecified atom stereocenters. The molecule has 6 rings (SSSR count). The molecule has 3 heterocycles. The van der Waals surface area contributed by atoms with E-state index >= 15 is 0 Å². The second-order valence-corrected chi connectivity index (χ2v) is 11.7. The number of hydrogen-bond acceptors (Lipinski definition) is 6. The van der Waals surface area contributed by atoms with E-state index < -0.39 is 46.1 Å². The van der Waals surface area contributed by atoms with Crippen LogP contribution in [0.2, 0.25) is 0 Å². The lowest BCUT2D eigenvalue weighted by molar-refractivity contribution is -0.528. The van der Waals surface area contributed by atoms with E-state index in [1.54, 1.807) is 6.92 Å². The number of carbonyl (C=O) groups excluding carboxylic acids is 1. The minimum absolute atomic E-state index is 0.0311. The molecule has 0 aromatic heterocycles. The molecule has 9 atom stereocenters. The molecule has 172 valence electrons. The summed E-state index contributed by atoms with van der Waals surface area (Å²) in [6.07, 6.45) is 3.20. The van der Waals surface area contributed by atoms with Crippen LogP contribution in [-0.2, 0) is 19.0 Å². The van der Waals surface area contributed by atoms with Crippen LogP contribution in [-0.4, -0.2) is 52.5 Å². The van der Waals surface area contributed by atoms with Gasteiger partial charge in [-0.1, -0.05) is 38.2 Å². The number of fused-ring (bicyclic) bond motifs is 1. The van der Waals surface area contributed by atoms with Crippen LogP contribution < -0.4 is 0 Å². The summed E-state index contributed by atoms with van der Waals surface area (Å²) in [6, 6.07) is 0. The number of carbonyl (C=O) groups is 1. The molecule has 2 N–H and O–H groups in total. The Balaban J connectivity index is 1.83. The highest BCUT2D eigenvalue weighted by molar-refractivity contribution is 5.86. The molecule has 2 bridgehead atoms. The topological polar surface area (TPSA) is 85.2 Å². The molecule has 3 aliphatic heterocycles. The summed E-state index contributed by atoms with van der Waals surface area (Å²) in [6.45, 7) is 15.7. The lowest BCUT2D eigenvalue weighted by Gasteiger charge is -2.78. The SMILES string of the molecule is C=C(C)[C@@H]1CC[C@H]2[C@]34C=C[C@H](O)C(C)(C)[C@H]3[C@H](O)C3(OC4)OC(C)(C)O[C@H]1[C@@]23C(C)=O. The molecule has 2 spiro atoms. The van der Waals surface area contributed by atoms with E-state index in [4.69, 9.17) is 14.2 Å². The standard InChI is InChI=1S/C25H36O6/c1-13(2)15-8-9-16-23-11-10-17(27)21(4,5)18(23)19(28)25(29-12-23)24(16,14(3)26)20(15)30-22(6,7)31-25/h10-11,15-20,27-28H,1,8-9,12H2,2-7H3/t15-,16-,17-,18+,19-,20+,23+,24+,25?/m0/s1. The van der Waals surface area contributed by atoms with Crippen molar-refractivity contribution < 1.29 is 29.2 Å². The van der Waals surface area contributed by atoms with Gasteiger partial charge in [-0.2, -0.15) is 0 Å². The predicted molar refractivity (Wildman–Crippen MR) is 114 cm³/mol. The lowest BCUT2D eigenvalue weighted by atomic mass is 9.35. The predicted octanol–water partition coefficient (Wildman–Crippen LogP) is 2.98. The number of Topliss-reactive ketones (excluding diaryl/α,β-unsaturated/α-hetero) is 1. The quantitative estimate of drug-likeness (QED) is 0.653. The fourth-order valence-corrected chi connectivity index (χ4v) is 8.29. The summed E-state index contributed by atoms with van der Waals surface area (Å²) in [5.74, 6) is -3.13. The number of aliphatic hydroxyl groups excluding tert-OH is 2. The van der Waals surface area contributed by atoms with E-state index in [0.29, 0.717) is 6.61 Å². The summed E-state index contributed by atoms with van der Waals surface area (Å²) in [5.41, 5.74) is -1.37. The van der Waals surface area contributed by atoms with E-state index in [-0.39, 0.29) is 23.5 Å². The van der Waals surface area contributed by atoms with Gasteiger partial charge in [-0.25, -0.2) is 0 Å². The van der Waals surface area contributed by atoms with E-state index in [9.17, 15) is 15.0 Å². The Hall–Kier alpha value is -1.05. The summed E-state index contributed by atoms with van der Waals surface area (Å²) >= 11 is 0. The van der Waals surface area contributed by atoms with E-state index in [2.05, 4.69) is 6.58 Å². The summed E-state index contributed by atoms with van der Waals surface area (Å²) in [4.78, 5) is 13.7. The van der Waals surface area contributed by atoms with E-state index in [1.807, 2.05) is 46.8 Å². The summed E-state index contributed by atoms with van der Waals surface area (Å²) in [5, 5.41) is 22.9. The van der Waals surface area contributed by atoms with Crippen molar-refractivity contribution in [2.75, 3.05) is 6.61 Å². The third-order valence-corrected chi connectivity index (χ3v) is 9.35. The van der Waals surface area contributed by atoms with Gasteiger partial charge < -0.3 is 24.4 Å². The summed E-state index contributed by atoms with van der Waals surface area (Å²) < 4.78 is 19.5. The van der Waals surface area contributed by atoms with Crippen molar-refractivity contribution in [3.63, 3.8) is 0 Å². The molecule has 6 nitrogen and oxygen atoms in total. The lowest BCUT2D eigenvalue weighted by Crippen LogP contribution is -2.88. The molecule has 0 aromatic rings. The van der Waals surface area contributed by atoms with Gasteiger partial charge >= 0.3 is 0 Å². The molecule has 3 aliphatic carbocycles. The number of aliphatic hydroxyl groups is 2. The molecular formula is C25H36O6. The minimum Gasteiger partial charge on any atom is -0.388 e. The number of ether oxygens (including phenoxy) is 3. The van der Waals surface area contributed by atoms with Gasteiger partial charge in [-0.15, -0.1) is 0 Å². The monoisotopic (exact) mass is 432 g/mol. The second-order valence-electron chi connectivity index (χ2n) is 11.7. The Morgan fingerprint density at radius 1 is 1.13 bits per heavy atom. The fourth-order valence-electron chi connectivity index (χ4n) is 8.29. The van der Waals surface area contributed by atoms with Crippen LogP contribution in [0.1, 0.15) is 54.4 Å². The first-order chi connectivity index (χ1) is 14.3. The second kappa shape index (κ2) is 6.09. The van der Waals surface area contributed by atoms with Crippen LogP contribution in [0, 0.1) is 34.0 Å². The molecule has 0 aromatic carbocycles. The maximum absolute atomic E-state index is 13.7. The first-order valence-corrected chi connectivity index (χ1v) is 11.5. The van der Waals surface area contributed by atoms with Gasteiger partial charge in [-0.05, 0) is 46.5 Å². The van der Waals surface area contributed by atoms with Gasteiger partial charge in [0, 0.05) is 22.7 Å². The molecule has 6 heteroatoms. The highest BCUT2D eigenvalue weighted by Crippen LogP contribution is 2.76. The van der Waals surface area contributed by atoms with Gasteiger partial charge in [0.2, 0.25) is 5.79 Å². The molecule has 0 radical (unpaired) electrons. The van der Waals surface area contributed by atoms with Crippen molar-refractivity contribution in [2.45, 2.75) is 84.3 Å². The highest BCUT2D eigenvalue weighted by Gasteiger charge is 2.86. The van der Waals surface area contributed by atoms with Gasteiger partial charge in [0.15, 0.2) is 5.79 Å². The fraction of sp³-hybridized carbons (Fsp3) is 0.800. The number of hydrogen-bond donors (Lipinski definition) is 2. The number of ketones is 1. The van der Waals surface area contributed by atoms with Gasteiger partial charge in [0.25, 0.3) is 0 Å². The Morgan fingerprint density at radius 2 is 1.81 bits per heavy atom. The Labute approximate surface area is 184 Å². The zero-order valence-electron chi connectivity index (χ0n) is 19.5. The normalized spacial score (nSPS) is 53.4. The smallest absolute Gasteiger partial charge is 0.213 e. The van der Waals surface area contributed by atoms with Gasteiger partial charge in [0.05, 0.1) is 18.8 Å². The van der Waals surface area contributed by atoms with Crippen LogP contribution in [0.15, 0.2) is 24.3 Å². The maximum atomic E-state index is 13.7. The van der Waals surface area contributed by atoms with Crippen molar-refractivity contribution in [3.8, 4) is 0 Å². The average Bonchev–Trinajstić information content (AvgIpc) is 2.65. The van der Waals surface area contributed by atoms with Crippen LogP contribution in [0.25, 0.3) is 0 Å². The summed E-state index contributed by atoms with van der Waals surface area (Å²) in [7, 11) is 0. The maximum Gasteiger partial charge on any atom is 0.213 e.